The lowest BCUT2D eigenvalue weighted by Crippen LogP contribution is -2.50. The third-order valence-electron chi connectivity index (χ3n) is 4.55. The highest BCUT2D eigenvalue weighted by Gasteiger charge is 2.46. The van der Waals surface area contributed by atoms with Crippen molar-refractivity contribution in [2.75, 3.05) is 0 Å². The molecule has 1 atom stereocenters. The lowest BCUT2D eigenvalue weighted by atomic mass is 9.73. The molecule has 1 aliphatic carbocycles. The van der Waals surface area contributed by atoms with Gasteiger partial charge in [0, 0.05) is 24.2 Å². The van der Waals surface area contributed by atoms with Crippen molar-refractivity contribution in [1.29, 1.82) is 0 Å². The molecule has 2 rings (SSSR count). The first-order valence-corrected chi connectivity index (χ1v) is 6.70. The predicted octanol–water partition coefficient (Wildman–Crippen LogP) is 2.66. The largest absolute Gasteiger partial charge is 0.324 e. The van der Waals surface area contributed by atoms with E-state index in [1.807, 2.05) is 0 Å². The van der Waals surface area contributed by atoms with Crippen molar-refractivity contribution in [3.63, 3.8) is 0 Å². The fourth-order valence-electron chi connectivity index (χ4n) is 3.10. The van der Waals surface area contributed by atoms with E-state index in [2.05, 4.69) is 43.5 Å². The maximum Gasteiger partial charge on any atom is 0.0596 e. The summed E-state index contributed by atoms with van der Waals surface area (Å²) in [7, 11) is 0. The average molecular weight is 235 g/mol. The Morgan fingerprint density at radius 1 is 1.41 bits per heavy atom. The van der Waals surface area contributed by atoms with Gasteiger partial charge in [0.1, 0.15) is 0 Å². The van der Waals surface area contributed by atoms with Gasteiger partial charge in [0.2, 0.25) is 0 Å². The number of aryl methyl sites for hydroxylation is 2. The van der Waals surface area contributed by atoms with Gasteiger partial charge in [-0.05, 0) is 38.2 Å². The van der Waals surface area contributed by atoms with Crippen LogP contribution in [0, 0.1) is 12.3 Å². The molecule has 17 heavy (non-hydrogen) atoms. The molecule has 0 aliphatic heterocycles. The van der Waals surface area contributed by atoms with Crippen LogP contribution in [0.2, 0.25) is 0 Å². The highest BCUT2D eigenvalue weighted by atomic mass is 15.3. The van der Waals surface area contributed by atoms with Gasteiger partial charge in [-0.15, -0.1) is 0 Å². The summed E-state index contributed by atoms with van der Waals surface area (Å²) in [6, 6.07) is 2.19. The third kappa shape index (κ3) is 2.13. The minimum absolute atomic E-state index is 0.0631. The van der Waals surface area contributed by atoms with Crippen LogP contribution in [0.25, 0.3) is 0 Å². The average Bonchev–Trinajstić information content (AvgIpc) is 2.69. The lowest BCUT2D eigenvalue weighted by Gasteiger charge is -2.38. The van der Waals surface area contributed by atoms with Gasteiger partial charge in [-0.25, -0.2) is 0 Å². The SMILES string of the molecule is CCn1nc(C)cc1CC1(N)CCCC1(C)C. The summed E-state index contributed by atoms with van der Waals surface area (Å²) < 4.78 is 2.10. The molecule has 0 amide bonds. The predicted molar refractivity (Wildman–Crippen MR) is 70.9 cm³/mol. The molecule has 0 bridgehead atoms. The number of rotatable bonds is 3. The first kappa shape index (κ1) is 12.6. The standard InChI is InChI=1S/C14H25N3/c1-5-17-12(9-11(2)16-17)10-14(15)8-6-7-13(14,3)4/h9H,5-8,10,15H2,1-4H3. The van der Waals surface area contributed by atoms with Crippen LogP contribution in [0.4, 0.5) is 0 Å². The molecule has 0 aromatic carbocycles. The Bertz CT molecular complexity index is 406. The molecule has 3 heteroatoms. The molecular weight excluding hydrogens is 210 g/mol. The van der Waals surface area contributed by atoms with Gasteiger partial charge in [0.25, 0.3) is 0 Å². The number of nitrogens with zero attached hydrogens (tertiary/aromatic N) is 2. The van der Waals surface area contributed by atoms with Crippen LogP contribution < -0.4 is 5.73 Å². The molecule has 1 unspecified atom stereocenters. The third-order valence-corrected chi connectivity index (χ3v) is 4.55. The summed E-state index contributed by atoms with van der Waals surface area (Å²) >= 11 is 0. The molecular formula is C14H25N3. The van der Waals surface area contributed by atoms with Crippen molar-refractivity contribution in [1.82, 2.24) is 9.78 Å². The molecule has 96 valence electrons. The molecule has 2 N–H and O–H groups in total. The fourth-order valence-corrected chi connectivity index (χ4v) is 3.10. The van der Waals surface area contributed by atoms with Crippen LogP contribution >= 0.6 is 0 Å². The molecule has 1 fully saturated rings. The zero-order chi connectivity index (χ0) is 12.7. The minimum Gasteiger partial charge on any atom is -0.324 e. The minimum atomic E-state index is -0.0631. The van der Waals surface area contributed by atoms with Crippen molar-refractivity contribution < 1.29 is 0 Å². The Morgan fingerprint density at radius 2 is 2.12 bits per heavy atom. The van der Waals surface area contributed by atoms with Crippen LogP contribution in [0.1, 0.15) is 51.4 Å². The van der Waals surface area contributed by atoms with Gasteiger partial charge in [0.05, 0.1) is 5.69 Å². The quantitative estimate of drug-likeness (QED) is 0.875. The number of hydrogen-bond donors (Lipinski definition) is 1. The van der Waals surface area contributed by atoms with Gasteiger partial charge in [-0.1, -0.05) is 20.3 Å². The summed E-state index contributed by atoms with van der Waals surface area (Å²) in [6.45, 7) is 9.73. The molecule has 0 spiro atoms. The lowest BCUT2D eigenvalue weighted by molar-refractivity contribution is 0.203. The van der Waals surface area contributed by atoms with E-state index in [-0.39, 0.29) is 11.0 Å². The van der Waals surface area contributed by atoms with Gasteiger partial charge < -0.3 is 5.73 Å². The molecule has 1 aliphatic rings. The maximum absolute atomic E-state index is 6.66. The second-order valence-corrected chi connectivity index (χ2v) is 6.16. The summed E-state index contributed by atoms with van der Waals surface area (Å²) in [5.74, 6) is 0. The van der Waals surface area contributed by atoms with Crippen molar-refractivity contribution in [2.45, 2.75) is 65.5 Å². The molecule has 1 saturated carbocycles. The molecule has 1 aromatic heterocycles. The van der Waals surface area contributed by atoms with E-state index in [0.717, 1.165) is 25.1 Å². The van der Waals surface area contributed by atoms with Crippen LogP contribution in [0.3, 0.4) is 0 Å². The van der Waals surface area contributed by atoms with Crippen molar-refractivity contribution >= 4 is 0 Å². The second-order valence-electron chi connectivity index (χ2n) is 6.16. The zero-order valence-corrected chi connectivity index (χ0v) is 11.6. The number of nitrogens with two attached hydrogens (primary N) is 1. The summed E-state index contributed by atoms with van der Waals surface area (Å²) in [5.41, 5.74) is 9.23. The van der Waals surface area contributed by atoms with E-state index in [0.29, 0.717) is 0 Å². The Labute approximate surface area is 104 Å². The molecule has 0 radical (unpaired) electrons. The summed E-state index contributed by atoms with van der Waals surface area (Å²) in [4.78, 5) is 0. The molecule has 3 nitrogen and oxygen atoms in total. The highest BCUT2D eigenvalue weighted by molar-refractivity contribution is 5.16. The number of hydrogen-bond acceptors (Lipinski definition) is 2. The topological polar surface area (TPSA) is 43.8 Å². The number of aromatic nitrogens is 2. The Hall–Kier alpha value is -0.830. The summed E-state index contributed by atoms with van der Waals surface area (Å²) in [6.07, 6.45) is 4.58. The monoisotopic (exact) mass is 235 g/mol. The zero-order valence-electron chi connectivity index (χ0n) is 11.6. The Morgan fingerprint density at radius 3 is 2.65 bits per heavy atom. The first-order chi connectivity index (χ1) is 7.88. The van der Waals surface area contributed by atoms with E-state index in [1.165, 1.54) is 18.5 Å². The molecule has 0 saturated heterocycles. The Balaban J connectivity index is 2.25. The maximum atomic E-state index is 6.66. The van der Waals surface area contributed by atoms with Crippen molar-refractivity contribution in [3.8, 4) is 0 Å². The van der Waals surface area contributed by atoms with E-state index in [9.17, 15) is 0 Å². The van der Waals surface area contributed by atoms with E-state index in [1.54, 1.807) is 0 Å². The van der Waals surface area contributed by atoms with Gasteiger partial charge in [-0.2, -0.15) is 5.10 Å². The summed E-state index contributed by atoms with van der Waals surface area (Å²) in [5, 5.41) is 4.51. The fraction of sp³-hybridized carbons (Fsp3) is 0.786. The van der Waals surface area contributed by atoms with Crippen LogP contribution in [-0.2, 0) is 13.0 Å². The molecule has 1 aromatic rings. The van der Waals surface area contributed by atoms with Crippen LogP contribution in [-0.4, -0.2) is 15.3 Å². The first-order valence-electron chi connectivity index (χ1n) is 6.70. The van der Waals surface area contributed by atoms with Gasteiger partial charge >= 0.3 is 0 Å². The van der Waals surface area contributed by atoms with Crippen molar-refractivity contribution in [2.24, 2.45) is 11.1 Å². The van der Waals surface area contributed by atoms with Crippen LogP contribution in [0.5, 0.6) is 0 Å². The van der Waals surface area contributed by atoms with Crippen LogP contribution in [0.15, 0.2) is 6.07 Å². The van der Waals surface area contributed by atoms with E-state index in [4.69, 9.17) is 5.73 Å². The molecule has 1 heterocycles. The smallest absolute Gasteiger partial charge is 0.0596 e. The van der Waals surface area contributed by atoms with Crippen molar-refractivity contribution in [3.05, 3.63) is 17.5 Å². The van der Waals surface area contributed by atoms with Gasteiger partial charge in [0.15, 0.2) is 0 Å². The highest BCUT2D eigenvalue weighted by Crippen LogP contribution is 2.45. The van der Waals surface area contributed by atoms with E-state index < -0.39 is 0 Å². The van der Waals surface area contributed by atoms with Gasteiger partial charge in [-0.3, -0.25) is 4.68 Å². The normalized spacial score (nSPS) is 27.6. The van der Waals surface area contributed by atoms with E-state index >= 15 is 0 Å². The second kappa shape index (κ2) is 4.13. The Kier molecular flexibility index (Phi) is 3.06.